The zero-order valence-electron chi connectivity index (χ0n) is 10.4. The molecule has 2 rings (SSSR count). The molecule has 0 saturated heterocycles. The van der Waals surface area contributed by atoms with Gasteiger partial charge in [-0.15, -0.1) is 0 Å². The van der Waals surface area contributed by atoms with Crippen LogP contribution in [0.1, 0.15) is 10.4 Å². The Morgan fingerprint density at radius 1 is 1.25 bits per heavy atom. The normalized spacial score (nSPS) is 9.95. The summed E-state index contributed by atoms with van der Waals surface area (Å²) in [7, 11) is 1.44. The molecule has 0 unspecified atom stereocenters. The van der Waals surface area contributed by atoms with Gasteiger partial charge in [0, 0.05) is 17.8 Å². The summed E-state index contributed by atoms with van der Waals surface area (Å²) in [6, 6.07) is 4.34. The van der Waals surface area contributed by atoms with E-state index < -0.39 is 17.5 Å². The van der Waals surface area contributed by atoms with Gasteiger partial charge in [0.25, 0.3) is 5.91 Å². The smallest absolute Gasteiger partial charge is 0.269 e. The molecular formula is C12H10F2N4O2. The number of hydrogen-bond acceptors (Lipinski definition) is 5. The highest BCUT2D eigenvalue weighted by Gasteiger charge is 2.09. The Balaban J connectivity index is 2.02. The average Bonchev–Trinajstić information content (AvgIpc) is 2.47. The molecule has 1 heterocycles. The number of hydrazine groups is 1. The Hall–Kier alpha value is -2.77. The lowest BCUT2D eigenvalue weighted by molar-refractivity contribution is 0.0961. The van der Waals surface area contributed by atoms with E-state index in [4.69, 9.17) is 4.74 Å². The van der Waals surface area contributed by atoms with E-state index in [9.17, 15) is 13.6 Å². The molecule has 6 nitrogen and oxygen atoms in total. The van der Waals surface area contributed by atoms with Crippen LogP contribution in [-0.2, 0) is 0 Å². The van der Waals surface area contributed by atoms with Crippen LogP contribution in [0.3, 0.4) is 0 Å². The van der Waals surface area contributed by atoms with Crippen molar-refractivity contribution >= 4 is 11.9 Å². The van der Waals surface area contributed by atoms with E-state index in [1.54, 1.807) is 0 Å². The number of nitrogens with zero attached hydrogens (tertiary/aromatic N) is 2. The Kier molecular flexibility index (Phi) is 4.04. The molecule has 0 saturated carbocycles. The van der Waals surface area contributed by atoms with Crippen molar-refractivity contribution in [3.63, 3.8) is 0 Å². The minimum Gasteiger partial charge on any atom is -0.481 e. The number of anilines is 1. The van der Waals surface area contributed by atoms with Crippen molar-refractivity contribution in [3.8, 4) is 5.88 Å². The summed E-state index contributed by atoms with van der Waals surface area (Å²) in [5.74, 6) is -2.37. The van der Waals surface area contributed by atoms with Gasteiger partial charge in [0.05, 0.1) is 7.11 Å². The molecule has 0 aliphatic carbocycles. The fourth-order valence-electron chi connectivity index (χ4n) is 1.34. The van der Waals surface area contributed by atoms with Gasteiger partial charge in [0.15, 0.2) is 11.6 Å². The number of carbonyl (C=O) groups is 1. The molecule has 20 heavy (non-hydrogen) atoms. The fourth-order valence-corrected chi connectivity index (χ4v) is 1.34. The van der Waals surface area contributed by atoms with Crippen LogP contribution in [0.15, 0.2) is 30.5 Å². The topological polar surface area (TPSA) is 76.1 Å². The second-order valence-corrected chi connectivity index (χ2v) is 3.63. The molecule has 0 atom stereocenters. The van der Waals surface area contributed by atoms with E-state index in [2.05, 4.69) is 20.8 Å². The molecule has 0 radical (unpaired) electrons. The summed E-state index contributed by atoms with van der Waals surface area (Å²) in [5, 5.41) is 0. The number of rotatable bonds is 4. The molecule has 0 bridgehead atoms. The van der Waals surface area contributed by atoms with Crippen molar-refractivity contribution in [1.29, 1.82) is 0 Å². The molecule has 1 amide bonds. The maximum Gasteiger partial charge on any atom is 0.269 e. The lowest BCUT2D eigenvalue weighted by Gasteiger charge is -2.07. The summed E-state index contributed by atoms with van der Waals surface area (Å²) in [4.78, 5) is 19.4. The number of hydrogen-bond donors (Lipinski definition) is 2. The molecular weight excluding hydrogens is 270 g/mol. The van der Waals surface area contributed by atoms with E-state index in [1.165, 1.54) is 19.4 Å². The van der Waals surface area contributed by atoms with Gasteiger partial charge in [0.1, 0.15) is 0 Å². The molecule has 1 aromatic carbocycles. The van der Waals surface area contributed by atoms with Crippen LogP contribution in [0.2, 0.25) is 0 Å². The summed E-state index contributed by atoms with van der Waals surface area (Å²) >= 11 is 0. The first kappa shape index (κ1) is 13.7. The van der Waals surface area contributed by atoms with Crippen molar-refractivity contribution in [3.05, 3.63) is 47.7 Å². The molecule has 0 aliphatic heterocycles. The third-order valence-corrected chi connectivity index (χ3v) is 2.31. The van der Waals surface area contributed by atoms with Crippen molar-refractivity contribution in [2.75, 3.05) is 12.5 Å². The van der Waals surface area contributed by atoms with Crippen LogP contribution in [0.5, 0.6) is 5.88 Å². The molecule has 8 heteroatoms. The standard InChI is InChI=1S/C12H10F2N4O2/c1-20-10-4-5-15-12(16-10)18-17-11(19)7-2-3-8(13)9(14)6-7/h2-6H,1H3,(H,17,19)(H,15,16,18). The number of amides is 1. The Morgan fingerprint density at radius 2 is 2.05 bits per heavy atom. The predicted octanol–water partition coefficient (Wildman–Crippen LogP) is 1.52. The van der Waals surface area contributed by atoms with Gasteiger partial charge in [-0.2, -0.15) is 4.98 Å². The number of aromatic nitrogens is 2. The van der Waals surface area contributed by atoms with Crippen molar-refractivity contribution < 1.29 is 18.3 Å². The highest BCUT2D eigenvalue weighted by atomic mass is 19.2. The zero-order chi connectivity index (χ0) is 14.5. The third-order valence-electron chi connectivity index (χ3n) is 2.31. The van der Waals surface area contributed by atoms with Crippen LogP contribution in [0, 0.1) is 11.6 Å². The molecule has 0 fully saturated rings. The van der Waals surface area contributed by atoms with Gasteiger partial charge in [-0.25, -0.2) is 13.8 Å². The second-order valence-electron chi connectivity index (χ2n) is 3.63. The SMILES string of the molecule is COc1ccnc(NNC(=O)c2ccc(F)c(F)c2)n1. The van der Waals surface area contributed by atoms with Gasteiger partial charge in [0.2, 0.25) is 11.8 Å². The van der Waals surface area contributed by atoms with E-state index in [1.807, 2.05) is 0 Å². The van der Waals surface area contributed by atoms with Crippen LogP contribution >= 0.6 is 0 Å². The molecule has 0 spiro atoms. The number of carbonyl (C=O) groups excluding carboxylic acids is 1. The van der Waals surface area contributed by atoms with Crippen LogP contribution in [0.4, 0.5) is 14.7 Å². The van der Waals surface area contributed by atoms with Crippen LogP contribution in [-0.4, -0.2) is 23.0 Å². The lowest BCUT2D eigenvalue weighted by atomic mass is 10.2. The second kappa shape index (κ2) is 5.91. The molecule has 1 aromatic heterocycles. The van der Waals surface area contributed by atoms with Crippen LogP contribution in [0.25, 0.3) is 0 Å². The van der Waals surface area contributed by atoms with Gasteiger partial charge in [-0.3, -0.25) is 15.6 Å². The number of benzene rings is 1. The minimum absolute atomic E-state index is 0.0423. The van der Waals surface area contributed by atoms with E-state index >= 15 is 0 Å². The number of halogens is 2. The summed E-state index contributed by atoms with van der Waals surface area (Å²) < 4.78 is 30.6. The van der Waals surface area contributed by atoms with E-state index in [-0.39, 0.29) is 11.5 Å². The number of nitrogens with one attached hydrogen (secondary N) is 2. The van der Waals surface area contributed by atoms with Crippen molar-refractivity contribution in [2.45, 2.75) is 0 Å². The Bertz CT molecular complexity index is 637. The molecule has 0 aliphatic rings. The van der Waals surface area contributed by atoms with E-state index in [0.29, 0.717) is 5.88 Å². The highest BCUT2D eigenvalue weighted by molar-refractivity contribution is 5.94. The Morgan fingerprint density at radius 3 is 2.75 bits per heavy atom. The minimum atomic E-state index is -1.10. The molecule has 2 N–H and O–H groups in total. The molecule has 104 valence electrons. The maximum absolute atomic E-state index is 13.0. The lowest BCUT2D eigenvalue weighted by Crippen LogP contribution is -2.30. The van der Waals surface area contributed by atoms with Crippen LogP contribution < -0.4 is 15.6 Å². The van der Waals surface area contributed by atoms with Crippen molar-refractivity contribution in [2.24, 2.45) is 0 Å². The monoisotopic (exact) mass is 280 g/mol. The highest BCUT2D eigenvalue weighted by Crippen LogP contribution is 2.09. The summed E-state index contributed by atoms with van der Waals surface area (Å²) in [6.07, 6.45) is 1.43. The van der Waals surface area contributed by atoms with E-state index in [0.717, 1.165) is 18.2 Å². The van der Waals surface area contributed by atoms with Gasteiger partial charge in [-0.05, 0) is 18.2 Å². The van der Waals surface area contributed by atoms with Gasteiger partial charge in [-0.1, -0.05) is 0 Å². The number of ether oxygens (including phenoxy) is 1. The summed E-state index contributed by atoms with van der Waals surface area (Å²) in [5.41, 5.74) is 4.65. The Labute approximate surface area is 112 Å². The first-order valence-electron chi connectivity index (χ1n) is 5.48. The summed E-state index contributed by atoms with van der Waals surface area (Å²) in [6.45, 7) is 0. The van der Waals surface area contributed by atoms with Gasteiger partial charge >= 0.3 is 0 Å². The fraction of sp³-hybridized carbons (Fsp3) is 0.0833. The average molecular weight is 280 g/mol. The van der Waals surface area contributed by atoms with Crippen molar-refractivity contribution in [1.82, 2.24) is 15.4 Å². The third kappa shape index (κ3) is 3.16. The first-order chi connectivity index (χ1) is 9.60. The zero-order valence-corrected chi connectivity index (χ0v) is 10.4. The first-order valence-corrected chi connectivity index (χ1v) is 5.48. The predicted molar refractivity (Wildman–Crippen MR) is 66.0 cm³/mol. The van der Waals surface area contributed by atoms with Gasteiger partial charge < -0.3 is 4.74 Å². The quantitative estimate of drug-likeness (QED) is 0.830. The molecule has 2 aromatic rings. The largest absolute Gasteiger partial charge is 0.481 e. The maximum atomic E-state index is 13.0. The number of methoxy groups -OCH3 is 1.